The van der Waals surface area contributed by atoms with Crippen LogP contribution in [0, 0.1) is 12.0 Å². The van der Waals surface area contributed by atoms with E-state index >= 15 is 0 Å². The average Bonchev–Trinajstić information content (AvgIpc) is 3.10. The van der Waals surface area contributed by atoms with Crippen LogP contribution in [-0.2, 0) is 14.8 Å². The van der Waals surface area contributed by atoms with Gasteiger partial charge >= 0.3 is 5.91 Å². The molecule has 1 amide bonds. The van der Waals surface area contributed by atoms with Gasteiger partial charge in [-0.25, -0.2) is 18.6 Å². The number of nitrogens with two attached hydrogens (primary N) is 1. The van der Waals surface area contributed by atoms with Crippen LogP contribution in [0.15, 0.2) is 65.7 Å². The number of hydrogen-bond acceptors (Lipinski definition) is 5. The Bertz CT molecular complexity index is 1170. The van der Waals surface area contributed by atoms with E-state index in [1.165, 1.54) is 23.9 Å². The van der Waals surface area contributed by atoms with E-state index in [-0.39, 0.29) is 4.90 Å². The lowest BCUT2D eigenvalue weighted by molar-refractivity contribution is -0.152. The molecule has 1 heterocycles. The van der Waals surface area contributed by atoms with Gasteiger partial charge in [0.2, 0.25) is 10.0 Å². The lowest BCUT2D eigenvalue weighted by atomic mass is 10.0. The van der Waals surface area contributed by atoms with Gasteiger partial charge in [0.05, 0.1) is 4.90 Å². The maximum absolute atomic E-state index is 11.5. The van der Waals surface area contributed by atoms with Gasteiger partial charge in [-0.2, -0.15) is 9.78 Å². The molecule has 8 nitrogen and oxygen atoms in total. The Morgan fingerprint density at radius 2 is 1.75 bits per heavy atom. The maximum atomic E-state index is 11.5. The fraction of sp³-hybridized carbons (Fsp3) is 0.0526. The molecule has 3 N–H and O–H groups in total. The summed E-state index contributed by atoms with van der Waals surface area (Å²) in [5.41, 5.74) is 2.80. The molecule has 3 aromatic rings. The topological polar surface area (TPSA) is 119 Å². The monoisotopic (exact) mass is 396 g/mol. The quantitative estimate of drug-likeness (QED) is 0.395. The Labute approximate surface area is 161 Å². The number of rotatable bonds is 3. The minimum Gasteiger partial charge on any atom is -0.285 e. The maximum Gasteiger partial charge on any atom is 0.323 e. The third kappa shape index (κ3) is 4.27. The molecular formula is C19H16N4O4S. The minimum absolute atomic E-state index is 0.00619. The predicted octanol–water partition coefficient (Wildman–Crippen LogP) is 1.52. The number of primary sulfonamides is 1. The number of amides is 1. The van der Waals surface area contributed by atoms with Crippen molar-refractivity contribution in [3.05, 3.63) is 60.8 Å². The van der Waals surface area contributed by atoms with Gasteiger partial charge in [0.15, 0.2) is 0 Å². The number of hydroxylamine groups is 2. The number of sulfonamides is 1. The van der Waals surface area contributed by atoms with Gasteiger partial charge in [-0.3, -0.25) is 10.0 Å². The van der Waals surface area contributed by atoms with E-state index in [0.717, 1.165) is 11.1 Å². The summed E-state index contributed by atoms with van der Waals surface area (Å²) in [5.74, 6) is 1.48. The van der Waals surface area contributed by atoms with E-state index in [2.05, 4.69) is 17.1 Å². The van der Waals surface area contributed by atoms with Crippen molar-refractivity contribution in [2.24, 2.45) is 5.14 Å². The highest BCUT2D eigenvalue weighted by molar-refractivity contribution is 7.89. The van der Waals surface area contributed by atoms with Crippen molar-refractivity contribution in [1.29, 1.82) is 0 Å². The van der Waals surface area contributed by atoms with E-state index in [0.29, 0.717) is 16.3 Å². The predicted molar refractivity (Wildman–Crippen MR) is 102 cm³/mol. The van der Waals surface area contributed by atoms with Crippen molar-refractivity contribution in [1.82, 2.24) is 14.8 Å². The van der Waals surface area contributed by atoms with Crippen molar-refractivity contribution in [3.63, 3.8) is 0 Å². The molecule has 0 aliphatic rings. The van der Waals surface area contributed by atoms with Crippen molar-refractivity contribution in [2.75, 3.05) is 7.05 Å². The van der Waals surface area contributed by atoms with Crippen LogP contribution >= 0.6 is 0 Å². The molecule has 3 rings (SSSR count). The minimum atomic E-state index is -3.80. The average molecular weight is 396 g/mol. The molecule has 0 saturated heterocycles. The first-order valence-corrected chi connectivity index (χ1v) is 9.57. The summed E-state index contributed by atoms with van der Waals surface area (Å²) in [6, 6.07) is 17.9. The third-order valence-corrected chi connectivity index (χ3v) is 4.76. The molecule has 0 radical (unpaired) electrons. The van der Waals surface area contributed by atoms with Crippen molar-refractivity contribution >= 4 is 15.9 Å². The summed E-state index contributed by atoms with van der Waals surface area (Å²) in [6.45, 7) is 0. The summed E-state index contributed by atoms with van der Waals surface area (Å²) in [4.78, 5) is 11.5. The zero-order valence-corrected chi connectivity index (χ0v) is 15.6. The van der Waals surface area contributed by atoms with Crippen LogP contribution in [0.4, 0.5) is 0 Å². The standard InChI is InChI=1S/C19H16N4O4S/c1-22(25)18(24)11-12-23-13-17(14-5-3-2-4-6-14)19(21-23)15-7-9-16(10-8-15)28(20,26)27/h2-10,13,25H,1H3,(H2,20,26,27). The van der Waals surface area contributed by atoms with Gasteiger partial charge in [-0.15, -0.1) is 0 Å². The van der Waals surface area contributed by atoms with Gasteiger partial charge in [-0.1, -0.05) is 42.5 Å². The first kappa shape index (κ1) is 19.3. The number of aromatic nitrogens is 2. The second-order valence-electron chi connectivity index (χ2n) is 5.84. The van der Waals surface area contributed by atoms with Crippen molar-refractivity contribution < 1.29 is 18.4 Å². The fourth-order valence-corrected chi connectivity index (χ4v) is 2.98. The highest BCUT2D eigenvalue weighted by Crippen LogP contribution is 2.31. The van der Waals surface area contributed by atoms with Gasteiger partial charge in [0.1, 0.15) is 5.69 Å². The van der Waals surface area contributed by atoms with Gasteiger partial charge in [0, 0.05) is 36.3 Å². The first-order valence-electron chi connectivity index (χ1n) is 8.02. The molecule has 9 heteroatoms. The number of carbonyl (C=O) groups excluding carboxylic acids is 1. The molecule has 1 aromatic heterocycles. The number of hydrogen-bond donors (Lipinski definition) is 2. The smallest absolute Gasteiger partial charge is 0.285 e. The van der Waals surface area contributed by atoms with Gasteiger partial charge in [-0.05, 0) is 17.7 Å². The molecule has 0 atom stereocenters. The van der Waals surface area contributed by atoms with Crippen LogP contribution < -0.4 is 5.14 Å². The summed E-state index contributed by atoms with van der Waals surface area (Å²) in [7, 11) is -2.62. The Balaban J connectivity index is 2.10. The first-order chi connectivity index (χ1) is 13.3. The summed E-state index contributed by atoms with van der Waals surface area (Å²) >= 11 is 0. The molecule has 0 saturated carbocycles. The van der Waals surface area contributed by atoms with E-state index in [1.807, 2.05) is 30.3 Å². The van der Waals surface area contributed by atoms with Crippen LogP contribution in [0.3, 0.4) is 0 Å². The van der Waals surface area contributed by atoms with Gasteiger partial charge in [0.25, 0.3) is 0 Å². The summed E-state index contributed by atoms with van der Waals surface area (Å²) in [5, 5.41) is 19.0. The fourth-order valence-electron chi connectivity index (χ4n) is 2.46. The normalized spacial score (nSPS) is 10.8. The molecule has 0 bridgehead atoms. The highest BCUT2D eigenvalue weighted by atomic mass is 32.2. The highest BCUT2D eigenvalue weighted by Gasteiger charge is 2.14. The molecule has 0 spiro atoms. The molecule has 28 heavy (non-hydrogen) atoms. The van der Waals surface area contributed by atoms with Crippen LogP contribution in [0.2, 0.25) is 0 Å². The Hall–Kier alpha value is -3.45. The molecule has 0 unspecified atom stereocenters. The van der Waals surface area contributed by atoms with E-state index in [4.69, 9.17) is 10.3 Å². The number of nitrogens with zero attached hydrogens (tertiary/aromatic N) is 3. The lowest BCUT2D eigenvalue weighted by Gasteiger charge is -2.04. The number of carbonyl (C=O) groups is 1. The lowest BCUT2D eigenvalue weighted by Crippen LogP contribution is -2.20. The second kappa shape index (κ2) is 7.66. The van der Waals surface area contributed by atoms with E-state index in [1.54, 1.807) is 18.3 Å². The van der Waals surface area contributed by atoms with Crippen molar-refractivity contribution in [2.45, 2.75) is 4.90 Å². The number of benzene rings is 2. The zero-order chi connectivity index (χ0) is 20.3. The summed E-state index contributed by atoms with van der Waals surface area (Å²) < 4.78 is 24.2. The largest absolute Gasteiger partial charge is 0.323 e. The molecular weight excluding hydrogens is 380 g/mol. The van der Waals surface area contributed by atoms with Crippen LogP contribution in [0.25, 0.3) is 22.4 Å². The SMILES string of the molecule is CN(O)C(=O)C#Cn1cc(-c2ccccc2)c(-c2ccc(S(N)(=O)=O)cc2)n1. The Morgan fingerprint density at radius 1 is 1.11 bits per heavy atom. The Morgan fingerprint density at radius 3 is 2.32 bits per heavy atom. The van der Waals surface area contributed by atoms with E-state index < -0.39 is 15.9 Å². The van der Waals surface area contributed by atoms with Crippen molar-refractivity contribution in [3.8, 4) is 34.3 Å². The molecule has 2 aromatic carbocycles. The van der Waals surface area contributed by atoms with Gasteiger partial charge < -0.3 is 0 Å². The third-order valence-electron chi connectivity index (χ3n) is 3.83. The molecule has 0 fully saturated rings. The van der Waals surface area contributed by atoms with Crippen LogP contribution in [0.1, 0.15) is 0 Å². The molecule has 0 aliphatic heterocycles. The second-order valence-corrected chi connectivity index (χ2v) is 7.40. The van der Waals surface area contributed by atoms with E-state index in [9.17, 15) is 13.2 Å². The molecule has 142 valence electrons. The van der Waals surface area contributed by atoms with Crippen LogP contribution in [-0.4, -0.2) is 41.4 Å². The zero-order valence-electron chi connectivity index (χ0n) is 14.8. The van der Waals surface area contributed by atoms with Crippen LogP contribution in [0.5, 0.6) is 0 Å². The summed E-state index contributed by atoms with van der Waals surface area (Å²) in [6.07, 6.45) is 1.65. The molecule has 0 aliphatic carbocycles. The Kier molecular flexibility index (Phi) is 5.28.